The number of benzene rings is 1. The Morgan fingerprint density at radius 2 is 2.03 bits per heavy atom. The zero-order valence-electron chi connectivity index (χ0n) is 19.4. The van der Waals surface area contributed by atoms with Crippen molar-refractivity contribution < 1.29 is 4.74 Å². The third-order valence-corrected chi connectivity index (χ3v) is 7.87. The predicted octanol–water partition coefficient (Wildman–Crippen LogP) is 1.82. The van der Waals surface area contributed by atoms with Gasteiger partial charge in [0.1, 0.15) is 5.52 Å². The third-order valence-electron chi connectivity index (χ3n) is 7.87. The van der Waals surface area contributed by atoms with Crippen LogP contribution in [0.15, 0.2) is 21.7 Å². The van der Waals surface area contributed by atoms with Crippen LogP contribution in [0.4, 0.5) is 5.69 Å². The second kappa shape index (κ2) is 8.10. The fourth-order valence-electron chi connectivity index (χ4n) is 5.92. The zero-order valence-corrected chi connectivity index (χ0v) is 19.4. The topological polar surface area (TPSA) is 90.1 Å². The minimum atomic E-state index is -0.494. The molecule has 3 fully saturated rings. The molecule has 5 rings (SSSR count). The number of fused-ring (bicyclic) bond motifs is 1. The molecular weight excluding hydrogens is 420 g/mol. The Balaban J connectivity index is 1.52. The highest BCUT2D eigenvalue weighted by molar-refractivity contribution is 5.90. The number of hydrogen-bond donors (Lipinski definition) is 1. The smallest absolute Gasteiger partial charge is 0.350 e. The summed E-state index contributed by atoms with van der Waals surface area (Å²) >= 11 is 0. The van der Waals surface area contributed by atoms with Crippen LogP contribution in [0.1, 0.15) is 45.1 Å². The molecule has 2 heterocycles. The molecule has 1 aliphatic heterocycles. The van der Waals surface area contributed by atoms with Crippen LogP contribution in [0, 0.1) is 12.5 Å². The van der Waals surface area contributed by atoms with E-state index in [0.29, 0.717) is 33.8 Å². The van der Waals surface area contributed by atoms with Crippen LogP contribution in [0.5, 0.6) is 5.75 Å². The summed E-state index contributed by atoms with van der Waals surface area (Å²) in [5, 5.41) is 0.412. The van der Waals surface area contributed by atoms with Gasteiger partial charge in [0.15, 0.2) is 5.75 Å². The molecule has 0 bridgehead atoms. The van der Waals surface area contributed by atoms with Gasteiger partial charge in [0.25, 0.3) is 5.56 Å². The van der Waals surface area contributed by atoms with Gasteiger partial charge in [-0.25, -0.2) is 11.4 Å². The number of ether oxygens (including phenoxy) is 1. The number of anilines is 1. The molecule has 2 saturated carbocycles. The van der Waals surface area contributed by atoms with Crippen molar-refractivity contribution in [3.63, 3.8) is 0 Å². The van der Waals surface area contributed by atoms with E-state index in [-0.39, 0.29) is 11.6 Å². The largest absolute Gasteiger partial charge is 0.492 e. The molecule has 0 amide bonds. The fraction of sp³-hybridized carbons (Fsp3) is 0.625. The van der Waals surface area contributed by atoms with Gasteiger partial charge in [-0.1, -0.05) is 6.92 Å². The molecule has 0 spiro atoms. The summed E-state index contributed by atoms with van der Waals surface area (Å²) in [5.41, 5.74) is 0.703. The first-order chi connectivity index (χ1) is 16.0. The van der Waals surface area contributed by atoms with Crippen molar-refractivity contribution in [2.45, 2.75) is 50.6 Å². The standard InChI is InChI=1S/C24H32N6O3/c1-4-28(14-12-26-2)24(10-11-24)16-9-13-27(15-16)19-8-7-18-20(21(19)33-3)29(17-5-6-17)23(32)30(25)22(18)31/h7-8,16-17H,4-6,9-15,25H2,1,3H3. The van der Waals surface area contributed by atoms with Crippen molar-refractivity contribution in [2.75, 3.05) is 50.6 Å². The molecular formula is C24H32N6O3. The molecule has 2 aromatic rings. The SMILES string of the molecule is [C-]#[N+]CCN(CC)C1(C2CCN(c3ccc4c(=O)n(N)c(=O)n(C5CC5)c4c3OC)C2)CC1. The molecule has 33 heavy (non-hydrogen) atoms. The average molecular weight is 453 g/mol. The highest BCUT2D eigenvalue weighted by Gasteiger charge is 2.54. The predicted molar refractivity (Wildman–Crippen MR) is 128 cm³/mol. The average Bonchev–Trinajstić information content (AvgIpc) is 3.76. The van der Waals surface area contributed by atoms with Crippen LogP contribution in [-0.2, 0) is 0 Å². The van der Waals surface area contributed by atoms with E-state index in [1.165, 1.54) is 12.8 Å². The van der Waals surface area contributed by atoms with Crippen molar-refractivity contribution >= 4 is 16.6 Å². The number of rotatable bonds is 8. The zero-order chi connectivity index (χ0) is 23.3. The Labute approximate surface area is 193 Å². The Morgan fingerprint density at radius 3 is 2.64 bits per heavy atom. The molecule has 3 aliphatic rings. The number of nitrogens with zero attached hydrogens (tertiary/aromatic N) is 5. The first kappa shape index (κ1) is 21.8. The summed E-state index contributed by atoms with van der Waals surface area (Å²) in [6.45, 7) is 13.5. The van der Waals surface area contributed by atoms with Gasteiger partial charge < -0.3 is 20.3 Å². The summed E-state index contributed by atoms with van der Waals surface area (Å²) in [7, 11) is 1.60. The molecule has 1 saturated heterocycles. The number of likely N-dealkylation sites (N-methyl/N-ethyl adjacent to an activating group) is 1. The van der Waals surface area contributed by atoms with Crippen LogP contribution in [0.2, 0.25) is 0 Å². The monoisotopic (exact) mass is 452 g/mol. The molecule has 9 heteroatoms. The van der Waals surface area contributed by atoms with Crippen molar-refractivity contribution in [3.8, 4) is 5.75 Å². The van der Waals surface area contributed by atoms with Crippen molar-refractivity contribution in [2.24, 2.45) is 5.92 Å². The number of nitrogen functional groups attached to an aromatic ring is 1. The van der Waals surface area contributed by atoms with Crippen LogP contribution >= 0.6 is 0 Å². The molecule has 9 nitrogen and oxygen atoms in total. The Hall–Kier alpha value is -2.99. The van der Waals surface area contributed by atoms with E-state index in [9.17, 15) is 9.59 Å². The summed E-state index contributed by atoms with van der Waals surface area (Å²) in [4.78, 5) is 34.0. The third kappa shape index (κ3) is 3.39. The molecule has 0 radical (unpaired) electrons. The molecule has 2 aliphatic carbocycles. The first-order valence-corrected chi connectivity index (χ1v) is 11.9. The van der Waals surface area contributed by atoms with Gasteiger partial charge in [0.05, 0.1) is 24.7 Å². The van der Waals surface area contributed by atoms with Crippen LogP contribution in [-0.4, -0.2) is 59.5 Å². The van der Waals surface area contributed by atoms with Crippen LogP contribution < -0.4 is 26.7 Å². The molecule has 176 valence electrons. The maximum atomic E-state index is 12.9. The molecule has 1 aromatic carbocycles. The van der Waals surface area contributed by atoms with E-state index < -0.39 is 11.2 Å². The van der Waals surface area contributed by atoms with E-state index in [0.717, 1.165) is 51.1 Å². The maximum Gasteiger partial charge on any atom is 0.350 e. The second-order valence-corrected chi connectivity index (χ2v) is 9.57. The number of methoxy groups -OCH3 is 1. The number of hydrogen-bond acceptors (Lipinski definition) is 6. The normalized spacial score (nSPS) is 21.5. The van der Waals surface area contributed by atoms with Gasteiger partial charge in [-0.05, 0) is 56.7 Å². The summed E-state index contributed by atoms with van der Waals surface area (Å²) in [6.07, 6.45) is 5.24. The maximum absolute atomic E-state index is 12.9. The Kier molecular flexibility index (Phi) is 5.36. The summed E-state index contributed by atoms with van der Waals surface area (Å²) < 4.78 is 8.23. The quantitative estimate of drug-likeness (QED) is 0.485. The lowest BCUT2D eigenvalue weighted by molar-refractivity contribution is 0.140. The van der Waals surface area contributed by atoms with E-state index in [1.54, 1.807) is 17.7 Å². The molecule has 1 aromatic heterocycles. The van der Waals surface area contributed by atoms with Gasteiger partial charge in [-0.2, -0.15) is 4.68 Å². The highest BCUT2D eigenvalue weighted by atomic mass is 16.5. The first-order valence-electron chi connectivity index (χ1n) is 11.9. The highest BCUT2D eigenvalue weighted by Crippen LogP contribution is 2.52. The minimum absolute atomic E-state index is 0.0566. The van der Waals surface area contributed by atoms with Crippen LogP contribution in [0.25, 0.3) is 15.7 Å². The van der Waals surface area contributed by atoms with Gasteiger partial charge in [0, 0.05) is 24.7 Å². The van der Waals surface area contributed by atoms with Crippen LogP contribution in [0.3, 0.4) is 0 Å². The van der Waals surface area contributed by atoms with Crippen molar-refractivity contribution in [1.82, 2.24) is 14.1 Å². The summed E-state index contributed by atoms with van der Waals surface area (Å²) in [5.74, 6) is 6.91. The van der Waals surface area contributed by atoms with E-state index in [2.05, 4.69) is 21.6 Å². The van der Waals surface area contributed by atoms with Gasteiger partial charge in [-0.15, -0.1) is 0 Å². The van der Waals surface area contributed by atoms with Gasteiger partial charge >= 0.3 is 5.69 Å². The Bertz CT molecular complexity index is 1230. The fourth-order valence-corrected chi connectivity index (χ4v) is 5.92. The lowest BCUT2D eigenvalue weighted by atomic mass is 9.94. The number of nitrogens with two attached hydrogens (primary N) is 1. The van der Waals surface area contributed by atoms with Gasteiger partial charge in [-0.3, -0.25) is 14.3 Å². The van der Waals surface area contributed by atoms with E-state index >= 15 is 0 Å². The molecule has 1 atom stereocenters. The van der Waals surface area contributed by atoms with E-state index in [4.69, 9.17) is 17.2 Å². The van der Waals surface area contributed by atoms with Crippen molar-refractivity contribution in [3.05, 3.63) is 44.4 Å². The lowest BCUT2D eigenvalue weighted by Crippen LogP contribution is -2.45. The second-order valence-electron chi connectivity index (χ2n) is 9.57. The van der Waals surface area contributed by atoms with Gasteiger partial charge in [0.2, 0.25) is 6.54 Å². The summed E-state index contributed by atoms with van der Waals surface area (Å²) in [6, 6.07) is 3.77. The minimum Gasteiger partial charge on any atom is -0.492 e. The lowest BCUT2D eigenvalue weighted by Gasteiger charge is -2.34. The van der Waals surface area contributed by atoms with Crippen molar-refractivity contribution in [1.29, 1.82) is 0 Å². The Morgan fingerprint density at radius 1 is 1.27 bits per heavy atom. The molecule has 1 unspecified atom stereocenters. The molecule has 2 N–H and O–H groups in total. The number of aromatic nitrogens is 2. The van der Waals surface area contributed by atoms with E-state index in [1.807, 2.05) is 6.07 Å².